The fourth-order valence-electron chi connectivity index (χ4n) is 2.23. The molecule has 0 aromatic carbocycles. The van der Waals surface area contributed by atoms with E-state index < -0.39 is 0 Å². The second kappa shape index (κ2) is 6.66. The van der Waals surface area contributed by atoms with E-state index in [9.17, 15) is 9.90 Å². The lowest BCUT2D eigenvalue weighted by molar-refractivity contribution is -0.125. The van der Waals surface area contributed by atoms with Crippen molar-refractivity contribution in [2.75, 3.05) is 13.2 Å². The zero-order chi connectivity index (χ0) is 13.7. The Morgan fingerprint density at radius 1 is 1.53 bits per heavy atom. The Hall–Kier alpha value is -1.42. The van der Waals surface area contributed by atoms with Crippen LogP contribution in [0.4, 0.5) is 0 Å². The van der Waals surface area contributed by atoms with Gasteiger partial charge in [0.1, 0.15) is 0 Å². The third-order valence-corrected chi connectivity index (χ3v) is 3.79. The summed E-state index contributed by atoms with van der Waals surface area (Å²) in [7, 11) is 0. The minimum Gasteiger partial charge on any atom is -0.396 e. The number of aliphatic hydroxyl groups excluding tert-OH is 1. The Balaban J connectivity index is 1.77. The molecule has 1 aliphatic rings. The molecule has 0 aliphatic heterocycles. The molecule has 0 spiro atoms. The Labute approximate surface area is 114 Å². The van der Waals surface area contributed by atoms with Crippen molar-refractivity contribution in [1.29, 1.82) is 0 Å². The van der Waals surface area contributed by atoms with Crippen molar-refractivity contribution in [2.24, 2.45) is 17.8 Å². The lowest BCUT2D eigenvalue weighted by Crippen LogP contribution is -2.35. The predicted molar refractivity (Wildman–Crippen MR) is 73.4 cm³/mol. The molecule has 104 valence electrons. The van der Waals surface area contributed by atoms with Crippen molar-refractivity contribution >= 4 is 5.91 Å². The molecule has 4 heteroatoms. The van der Waals surface area contributed by atoms with Gasteiger partial charge in [-0.3, -0.25) is 9.78 Å². The molecular weight excluding hydrogens is 240 g/mol. The van der Waals surface area contributed by atoms with Gasteiger partial charge >= 0.3 is 0 Å². The first-order valence-corrected chi connectivity index (χ1v) is 6.99. The highest BCUT2D eigenvalue weighted by Crippen LogP contribution is 2.36. The van der Waals surface area contributed by atoms with Gasteiger partial charge in [0.25, 0.3) is 0 Å². The molecular formula is C15H22N2O2. The van der Waals surface area contributed by atoms with Crippen LogP contribution in [0.1, 0.15) is 25.5 Å². The fourth-order valence-corrected chi connectivity index (χ4v) is 2.23. The molecule has 19 heavy (non-hydrogen) atoms. The zero-order valence-electron chi connectivity index (χ0n) is 11.4. The molecule has 1 aliphatic carbocycles. The van der Waals surface area contributed by atoms with Gasteiger partial charge in [-0.2, -0.15) is 0 Å². The molecule has 2 N–H and O–H groups in total. The highest BCUT2D eigenvalue weighted by atomic mass is 16.3. The predicted octanol–water partition coefficient (Wildman–Crippen LogP) is 1.39. The van der Waals surface area contributed by atoms with E-state index in [0.29, 0.717) is 18.9 Å². The number of carbonyl (C=O) groups is 1. The molecule has 1 heterocycles. The fraction of sp³-hybridized carbons (Fsp3) is 0.600. The van der Waals surface area contributed by atoms with Gasteiger partial charge in [0.15, 0.2) is 0 Å². The first-order chi connectivity index (χ1) is 9.20. The first-order valence-electron chi connectivity index (χ1n) is 6.99. The molecule has 0 saturated heterocycles. The molecule has 2 rings (SSSR count). The summed E-state index contributed by atoms with van der Waals surface area (Å²) in [4.78, 5) is 16.1. The minimum atomic E-state index is 0.0326. The second-order valence-electron chi connectivity index (χ2n) is 5.45. The first kappa shape index (κ1) is 14.0. The number of hydrogen-bond acceptors (Lipinski definition) is 3. The van der Waals surface area contributed by atoms with Crippen LogP contribution in [-0.2, 0) is 11.2 Å². The molecule has 1 fully saturated rings. The van der Waals surface area contributed by atoms with E-state index in [4.69, 9.17) is 0 Å². The summed E-state index contributed by atoms with van der Waals surface area (Å²) >= 11 is 0. The maximum Gasteiger partial charge on any atom is 0.223 e. The normalized spacial score (nSPS) is 17.8. The summed E-state index contributed by atoms with van der Waals surface area (Å²) in [5, 5.41) is 12.3. The van der Waals surface area contributed by atoms with Gasteiger partial charge < -0.3 is 10.4 Å². The van der Waals surface area contributed by atoms with Crippen molar-refractivity contribution in [2.45, 2.75) is 26.2 Å². The van der Waals surface area contributed by atoms with Crippen molar-refractivity contribution in [3.05, 3.63) is 30.1 Å². The van der Waals surface area contributed by atoms with Crippen LogP contribution in [0.5, 0.6) is 0 Å². The third kappa shape index (κ3) is 4.31. The Morgan fingerprint density at radius 2 is 2.32 bits per heavy atom. The summed E-state index contributed by atoms with van der Waals surface area (Å²) in [5.74, 6) is 0.824. The monoisotopic (exact) mass is 262 g/mol. The van der Waals surface area contributed by atoms with E-state index in [1.807, 2.05) is 25.1 Å². The second-order valence-corrected chi connectivity index (χ2v) is 5.45. The van der Waals surface area contributed by atoms with Gasteiger partial charge in [0, 0.05) is 36.9 Å². The maximum absolute atomic E-state index is 11.9. The van der Waals surface area contributed by atoms with Gasteiger partial charge in [0.2, 0.25) is 5.91 Å². The average molecular weight is 262 g/mol. The number of rotatable bonds is 7. The van der Waals surface area contributed by atoms with Crippen LogP contribution in [0, 0.1) is 17.8 Å². The lowest BCUT2D eigenvalue weighted by Gasteiger charge is -2.17. The average Bonchev–Trinajstić information content (AvgIpc) is 3.27. The van der Waals surface area contributed by atoms with Gasteiger partial charge in [-0.15, -0.1) is 0 Å². The highest BCUT2D eigenvalue weighted by Gasteiger charge is 2.32. The Bertz CT molecular complexity index is 404. The summed E-state index contributed by atoms with van der Waals surface area (Å²) in [5.41, 5.74) is 0.950. The molecule has 2 unspecified atom stereocenters. The van der Waals surface area contributed by atoms with Crippen LogP contribution in [0.2, 0.25) is 0 Å². The van der Waals surface area contributed by atoms with Crippen LogP contribution in [-0.4, -0.2) is 29.1 Å². The van der Waals surface area contributed by atoms with Gasteiger partial charge in [-0.1, -0.05) is 13.0 Å². The molecule has 4 nitrogen and oxygen atoms in total. The van der Waals surface area contributed by atoms with Crippen molar-refractivity contribution in [1.82, 2.24) is 10.3 Å². The van der Waals surface area contributed by atoms with Gasteiger partial charge in [0.05, 0.1) is 0 Å². The SMILES string of the molecule is CC(C(=O)NCC(CO)Cc1ccccn1)C1CC1. The third-order valence-electron chi connectivity index (χ3n) is 3.79. The number of carbonyl (C=O) groups excluding carboxylic acids is 1. The molecule has 0 bridgehead atoms. The number of nitrogens with zero attached hydrogens (tertiary/aromatic N) is 1. The quantitative estimate of drug-likeness (QED) is 0.780. The van der Waals surface area contributed by atoms with E-state index >= 15 is 0 Å². The van der Waals surface area contributed by atoms with Crippen molar-refractivity contribution in [3.8, 4) is 0 Å². The summed E-state index contributed by atoms with van der Waals surface area (Å²) in [6.07, 6.45) is 4.78. The zero-order valence-corrected chi connectivity index (χ0v) is 11.4. The van der Waals surface area contributed by atoms with Crippen LogP contribution >= 0.6 is 0 Å². The molecule has 1 aromatic rings. The number of aliphatic hydroxyl groups is 1. The molecule has 1 amide bonds. The largest absolute Gasteiger partial charge is 0.396 e. The van der Waals surface area contributed by atoms with Crippen LogP contribution in [0.25, 0.3) is 0 Å². The summed E-state index contributed by atoms with van der Waals surface area (Å²) in [6.45, 7) is 2.57. The van der Waals surface area contributed by atoms with E-state index in [0.717, 1.165) is 5.69 Å². The van der Waals surface area contributed by atoms with E-state index in [2.05, 4.69) is 10.3 Å². The van der Waals surface area contributed by atoms with Crippen LogP contribution < -0.4 is 5.32 Å². The standard InChI is InChI=1S/C15H22N2O2/c1-11(13-5-6-13)15(19)17-9-12(10-18)8-14-4-2-3-7-16-14/h2-4,7,11-13,18H,5-6,8-10H2,1H3,(H,17,19). The van der Waals surface area contributed by atoms with Crippen LogP contribution in [0.15, 0.2) is 24.4 Å². The maximum atomic E-state index is 11.9. The number of pyridine rings is 1. The number of amides is 1. The van der Waals surface area contributed by atoms with E-state index in [1.165, 1.54) is 12.8 Å². The number of nitrogens with one attached hydrogen (secondary N) is 1. The number of aromatic nitrogens is 1. The lowest BCUT2D eigenvalue weighted by atomic mass is 10.0. The highest BCUT2D eigenvalue weighted by molar-refractivity contribution is 5.78. The Morgan fingerprint density at radius 3 is 2.89 bits per heavy atom. The van der Waals surface area contributed by atoms with Crippen molar-refractivity contribution in [3.63, 3.8) is 0 Å². The van der Waals surface area contributed by atoms with E-state index in [1.54, 1.807) is 6.20 Å². The summed E-state index contributed by atoms with van der Waals surface area (Å²) < 4.78 is 0. The van der Waals surface area contributed by atoms with Gasteiger partial charge in [-0.25, -0.2) is 0 Å². The minimum absolute atomic E-state index is 0.0326. The Kier molecular flexibility index (Phi) is 4.91. The topological polar surface area (TPSA) is 62.2 Å². The molecule has 1 saturated carbocycles. The van der Waals surface area contributed by atoms with E-state index in [-0.39, 0.29) is 24.3 Å². The molecule has 1 aromatic heterocycles. The molecule has 0 radical (unpaired) electrons. The smallest absolute Gasteiger partial charge is 0.223 e. The number of hydrogen-bond donors (Lipinski definition) is 2. The van der Waals surface area contributed by atoms with Gasteiger partial charge in [-0.05, 0) is 37.3 Å². The molecule has 2 atom stereocenters. The summed E-state index contributed by atoms with van der Waals surface area (Å²) in [6, 6.07) is 5.75. The van der Waals surface area contributed by atoms with Crippen molar-refractivity contribution < 1.29 is 9.90 Å². The van der Waals surface area contributed by atoms with Crippen LogP contribution in [0.3, 0.4) is 0 Å².